The first-order valence-corrected chi connectivity index (χ1v) is 6.18. The lowest BCUT2D eigenvalue weighted by Gasteiger charge is -2.07. The van der Waals surface area contributed by atoms with Gasteiger partial charge in [0.2, 0.25) is 5.95 Å². The number of anilines is 1. The normalized spacial score (nSPS) is 10.8. The summed E-state index contributed by atoms with van der Waals surface area (Å²) < 4.78 is 0. The molecule has 1 aromatic carbocycles. The Kier molecular flexibility index (Phi) is 2.80. The topological polar surface area (TPSA) is 64.7 Å². The molecule has 0 aliphatic rings. The van der Waals surface area contributed by atoms with Gasteiger partial charge in [0, 0.05) is 5.56 Å². The minimum atomic E-state index is 0.230. The number of aryl methyl sites for hydroxylation is 1. The second kappa shape index (κ2) is 4.48. The summed E-state index contributed by atoms with van der Waals surface area (Å²) in [5.74, 6) is 0.230. The molecule has 2 N–H and O–H groups in total. The van der Waals surface area contributed by atoms with E-state index in [1.807, 2.05) is 31.2 Å². The van der Waals surface area contributed by atoms with E-state index in [2.05, 4.69) is 15.0 Å². The fourth-order valence-electron chi connectivity index (χ4n) is 2.00. The van der Waals surface area contributed by atoms with Gasteiger partial charge in [-0.3, -0.25) is 0 Å². The van der Waals surface area contributed by atoms with E-state index in [0.717, 1.165) is 11.1 Å². The maximum absolute atomic E-state index is 5.95. The smallest absolute Gasteiger partial charge is 0.221 e. The summed E-state index contributed by atoms with van der Waals surface area (Å²) in [4.78, 5) is 12.8. The maximum atomic E-state index is 5.95. The summed E-state index contributed by atoms with van der Waals surface area (Å²) in [5, 5.41) is 0.412. The number of pyridine rings is 1. The van der Waals surface area contributed by atoms with Crippen molar-refractivity contribution in [2.45, 2.75) is 6.92 Å². The molecule has 0 fully saturated rings. The van der Waals surface area contributed by atoms with Gasteiger partial charge in [0.25, 0.3) is 0 Å². The van der Waals surface area contributed by atoms with Crippen LogP contribution in [0.15, 0.2) is 36.4 Å². The molecule has 94 valence electrons. The third-order valence-corrected chi connectivity index (χ3v) is 3.03. The Morgan fingerprint density at radius 3 is 2.68 bits per heavy atom. The van der Waals surface area contributed by atoms with Gasteiger partial charge in [-0.2, -0.15) is 0 Å². The van der Waals surface area contributed by atoms with Crippen LogP contribution < -0.4 is 5.73 Å². The van der Waals surface area contributed by atoms with Crippen molar-refractivity contribution in [2.24, 2.45) is 0 Å². The van der Waals surface area contributed by atoms with Crippen LogP contribution in [-0.4, -0.2) is 15.0 Å². The van der Waals surface area contributed by atoms with E-state index in [4.69, 9.17) is 17.3 Å². The van der Waals surface area contributed by atoms with Gasteiger partial charge in [-0.05, 0) is 25.1 Å². The number of hydrogen-bond acceptors (Lipinski definition) is 4. The van der Waals surface area contributed by atoms with Gasteiger partial charge in [-0.25, -0.2) is 15.0 Å². The van der Waals surface area contributed by atoms with Crippen molar-refractivity contribution in [1.29, 1.82) is 0 Å². The molecular formula is C14H11ClN4. The molecular weight excluding hydrogens is 260 g/mol. The number of nitrogen functional groups attached to an aromatic ring is 1. The highest BCUT2D eigenvalue weighted by Crippen LogP contribution is 2.26. The summed E-state index contributed by atoms with van der Waals surface area (Å²) in [5.41, 5.74) is 9.90. The van der Waals surface area contributed by atoms with Crippen LogP contribution in [0.25, 0.3) is 22.3 Å². The molecule has 3 aromatic rings. The molecule has 0 radical (unpaired) electrons. The quantitative estimate of drug-likeness (QED) is 0.690. The second-order valence-electron chi connectivity index (χ2n) is 4.30. The summed E-state index contributed by atoms with van der Waals surface area (Å²) in [6.07, 6.45) is 0. The molecule has 0 aliphatic carbocycles. The molecule has 0 saturated carbocycles. The van der Waals surface area contributed by atoms with Crippen LogP contribution >= 0.6 is 11.6 Å². The van der Waals surface area contributed by atoms with Gasteiger partial charge in [0.05, 0.1) is 5.52 Å². The van der Waals surface area contributed by atoms with Gasteiger partial charge < -0.3 is 5.73 Å². The average Bonchev–Trinajstić information content (AvgIpc) is 2.38. The van der Waals surface area contributed by atoms with Crippen LogP contribution in [0.5, 0.6) is 0 Å². The molecule has 0 aliphatic heterocycles. The van der Waals surface area contributed by atoms with E-state index in [-0.39, 0.29) is 5.95 Å². The SMILES string of the molecule is Cc1cccc(-c2nc(N)nc3ccc(Cl)nc23)c1. The van der Waals surface area contributed by atoms with Gasteiger partial charge in [0.1, 0.15) is 16.4 Å². The highest BCUT2D eigenvalue weighted by molar-refractivity contribution is 6.29. The number of fused-ring (bicyclic) bond motifs is 1. The first-order chi connectivity index (χ1) is 9.13. The van der Waals surface area contributed by atoms with Gasteiger partial charge in [0.15, 0.2) is 0 Å². The van der Waals surface area contributed by atoms with Crippen molar-refractivity contribution in [3.63, 3.8) is 0 Å². The molecule has 5 heteroatoms. The average molecular weight is 271 g/mol. The lowest BCUT2D eigenvalue weighted by Crippen LogP contribution is -1.99. The number of benzene rings is 1. The number of aromatic nitrogens is 3. The molecule has 0 atom stereocenters. The van der Waals surface area contributed by atoms with Gasteiger partial charge in [-0.1, -0.05) is 35.4 Å². The first kappa shape index (κ1) is 11.9. The molecule has 0 bridgehead atoms. The summed E-state index contributed by atoms with van der Waals surface area (Å²) in [7, 11) is 0. The fraction of sp³-hybridized carbons (Fsp3) is 0.0714. The predicted octanol–water partition coefficient (Wildman–Crippen LogP) is 3.24. The van der Waals surface area contributed by atoms with Crippen molar-refractivity contribution in [1.82, 2.24) is 15.0 Å². The van der Waals surface area contributed by atoms with E-state index in [9.17, 15) is 0 Å². The molecule has 3 rings (SSSR count). The lowest BCUT2D eigenvalue weighted by atomic mass is 10.1. The van der Waals surface area contributed by atoms with Crippen LogP contribution in [-0.2, 0) is 0 Å². The molecule has 2 aromatic heterocycles. The van der Waals surface area contributed by atoms with Crippen LogP contribution in [0.2, 0.25) is 5.15 Å². The Morgan fingerprint density at radius 2 is 1.89 bits per heavy atom. The van der Waals surface area contributed by atoms with Gasteiger partial charge >= 0.3 is 0 Å². The Labute approximate surface area is 115 Å². The van der Waals surface area contributed by atoms with Crippen molar-refractivity contribution in [3.05, 3.63) is 47.1 Å². The van der Waals surface area contributed by atoms with E-state index in [1.165, 1.54) is 0 Å². The Hall–Kier alpha value is -2.20. The van der Waals surface area contributed by atoms with Crippen molar-refractivity contribution in [3.8, 4) is 11.3 Å². The highest BCUT2D eigenvalue weighted by Gasteiger charge is 2.10. The first-order valence-electron chi connectivity index (χ1n) is 5.80. The third-order valence-electron chi connectivity index (χ3n) is 2.82. The van der Waals surface area contributed by atoms with Crippen molar-refractivity contribution >= 4 is 28.6 Å². The lowest BCUT2D eigenvalue weighted by molar-refractivity contribution is 1.21. The van der Waals surface area contributed by atoms with Crippen LogP contribution in [0, 0.1) is 6.92 Å². The predicted molar refractivity (Wildman–Crippen MR) is 76.9 cm³/mol. The minimum absolute atomic E-state index is 0.230. The highest BCUT2D eigenvalue weighted by atomic mass is 35.5. The van der Waals surface area contributed by atoms with Crippen molar-refractivity contribution in [2.75, 3.05) is 5.73 Å². The van der Waals surface area contributed by atoms with Crippen LogP contribution in [0.3, 0.4) is 0 Å². The second-order valence-corrected chi connectivity index (χ2v) is 4.69. The zero-order valence-electron chi connectivity index (χ0n) is 10.3. The number of halogens is 1. The molecule has 0 amide bonds. The maximum Gasteiger partial charge on any atom is 0.221 e. The van der Waals surface area contributed by atoms with Crippen LogP contribution in [0.1, 0.15) is 5.56 Å². The molecule has 2 heterocycles. The number of nitrogens with two attached hydrogens (primary N) is 1. The molecule has 0 unspecified atom stereocenters. The van der Waals surface area contributed by atoms with E-state index in [1.54, 1.807) is 12.1 Å². The summed E-state index contributed by atoms with van der Waals surface area (Å²) in [6, 6.07) is 11.5. The fourth-order valence-corrected chi connectivity index (χ4v) is 2.15. The van der Waals surface area contributed by atoms with Crippen LogP contribution in [0.4, 0.5) is 5.95 Å². The molecule has 0 saturated heterocycles. The molecule has 19 heavy (non-hydrogen) atoms. The zero-order valence-corrected chi connectivity index (χ0v) is 11.0. The monoisotopic (exact) mass is 270 g/mol. The summed E-state index contributed by atoms with van der Waals surface area (Å²) in [6.45, 7) is 2.02. The minimum Gasteiger partial charge on any atom is -0.368 e. The number of nitrogens with zero attached hydrogens (tertiary/aromatic N) is 3. The third kappa shape index (κ3) is 2.22. The molecule has 4 nitrogen and oxygen atoms in total. The summed E-state index contributed by atoms with van der Waals surface area (Å²) >= 11 is 5.95. The Balaban J connectivity index is 2.36. The Bertz CT molecular complexity index is 770. The van der Waals surface area contributed by atoms with E-state index in [0.29, 0.717) is 21.9 Å². The van der Waals surface area contributed by atoms with E-state index >= 15 is 0 Å². The van der Waals surface area contributed by atoms with Gasteiger partial charge in [-0.15, -0.1) is 0 Å². The number of hydrogen-bond donors (Lipinski definition) is 1. The van der Waals surface area contributed by atoms with Crippen molar-refractivity contribution < 1.29 is 0 Å². The zero-order chi connectivity index (χ0) is 13.4. The van der Waals surface area contributed by atoms with E-state index < -0.39 is 0 Å². The number of rotatable bonds is 1. The largest absolute Gasteiger partial charge is 0.368 e. The standard InChI is InChI=1S/C14H11ClN4/c1-8-3-2-4-9(7-8)12-13-10(17-14(16)19-12)5-6-11(15)18-13/h2-7H,1H3,(H2,16,17,19). The molecule has 0 spiro atoms. The Morgan fingerprint density at radius 1 is 1.05 bits per heavy atom.